The quantitative estimate of drug-likeness (QED) is 0.764. The predicted molar refractivity (Wildman–Crippen MR) is 103 cm³/mol. The van der Waals surface area contributed by atoms with Crippen molar-refractivity contribution < 1.29 is 5.11 Å². The van der Waals surface area contributed by atoms with E-state index in [2.05, 4.69) is 0 Å². The summed E-state index contributed by atoms with van der Waals surface area (Å²) in [6.45, 7) is 4.01. The van der Waals surface area contributed by atoms with Crippen LogP contribution in [-0.2, 0) is 13.1 Å². The number of hydrogen-bond acceptors (Lipinski definition) is 4. The van der Waals surface area contributed by atoms with Crippen LogP contribution in [0, 0.1) is 6.92 Å². The number of nitrogens with zero attached hydrogens (tertiary/aromatic N) is 2. The summed E-state index contributed by atoms with van der Waals surface area (Å²) in [5, 5.41) is 9.87. The van der Waals surface area contributed by atoms with E-state index in [1.165, 1.54) is 20.5 Å². The van der Waals surface area contributed by atoms with Crippen LogP contribution in [-0.4, -0.2) is 20.8 Å². The second kappa shape index (κ2) is 7.21. The molecule has 0 aliphatic carbocycles. The first-order chi connectivity index (χ1) is 12.1. The van der Waals surface area contributed by atoms with Gasteiger partial charge in [-0.1, -0.05) is 36.4 Å². The van der Waals surface area contributed by atoms with Crippen molar-refractivity contribution in [3.05, 3.63) is 67.2 Å². The van der Waals surface area contributed by atoms with Gasteiger partial charge in [-0.25, -0.2) is 4.79 Å². The van der Waals surface area contributed by atoms with E-state index in [4.69, 9.17) is 0 Å². The maximum Gasteiger partial charge on any atom is 0.332 e. The molecule has 2 heterocycles. The lowest BCUT2D eigenvalue weighted by Gasteiger charge is -2.09. The third-order valence-electron chi connectivity index (χ3n) is 4.20. The molecule has 1 N–H and O–H groups in total. The molecule has 25 heavy (non-hydrogen) atoms. The van der Waals surface area contributed by atoms with Gasteiger partial charge >= 0.3 is 5.69 Å². The molecule has 0 aliphatic heterocycles. The number of rotatable bonds is 5. The van der Waals surface area contributed by atoms with E-state index in [1.807, 2.05) is 49.4 Å². The van der Waals surface area contributed by atoms with Crippen molar-refractivity contribution in [2.24, 2.45) is 0 Å². The average molecular weight is 356 g/mol. The summed E-state index contributed by atoms with van der Waals surface area (Å²) in [6.07, 6.45) is 3.96. The summed E-state index contributed by atoms with van der Waals surface area (Å²) in [5.74, 6) is 0. The molecule has 130 valence electrons. The van der Waals surface area contributed by atoms with Crippen LogP contribution in [0.2, 0.25) is 0 Å². The van der Waals surface area contributed by atoms with Gasteiger partial charge in [-0.2, -0.15) is 0 Å². The molecule has 3 aromatic rings. The van der Waals surface area contributed by atoms with Gasteiger partial charge in [-0.3, -0.25) is 13.9 Å². The molecular weight excluding hydrogens is 336 g/mol. The number of aliphatic hydroxyl groups excluding tert-OH is 1. The number of fused-ring (bicyclic) bond motifs is 1. The zero-order chi connectivity index (χ0) is 18.0. The number of benzene rings is 1. The van der Waals surface area contributed by atoms with Crippen molar-refractivity contribution in [2.45, 2.75) is 26.9 Å². The van der Waals surface area contributed by atoms with Crippen LogP contribution >= 0.6 is 11.3 Å². The Morgan fingerprint density at radius 2 is 1.84 bits per heavy atom. The first-order valence-electron chi connectivity index (χ1n) is 8.19. The van der Waals surface area contributed by atoms with Crippen molar-refractivity contribution >= 4 is 33.7 Å². The van der Waals surface area contributed by atoms with Crippen LogP contribution in [0.25, 0.3) is 22.4 Å². The number of aromatic nitrogens is 2. The Hall–Kier alpha value is -2.44. The Bertz CT molecular complexity index is 1040. The Morgan fingerprint density at radius 1 is 1.12 bits per heavy atom. The average Bonchev–Trinajstić information content (AvgIpc) is 2.95. The zero-order valence-corrected chi connectivity index (χ0v) is 15.0. The van der Waals surface area contributed by atoms with Gasteiger partial charge in [-0.05, 0) is 31.1 Å². The maximum atomic E-state index is 12.7. The molecule has 0 spiro atoms. The van der Waals surface area contributed by atoms with Gasteiger partial charge in [0.25, 0.3) is 5.56 Å². The molecule has 0 fully saturated rings. The smallest absolute Gasteiger partial charge is 0.332 e. The third-order valence-corrected chi connectivity index (χ3v) is 5.48. The summed E-state index contributed by atoms with van der Waals surface area (Å²) in [6, 6.07) is 9.91. The largest absolute Gasteiger partial charge is 0.395 e. The normalized spacial score (nSPS) is 11.6. The topological polar surface area (TPSA) is 64.2 Å². The third kappa shape index (κ3) is 3.10. The van der Waals surface area contributed by atoms with Crippen LogP contribution < -0.4 is 11.2 Å². The van der Waals surface area contributed by atoms with Crippen LogP contribution in [0.15, 0.2) is 39.9 Å². The molecule has 0 amide bonds. The number of thiophene rings is 1. The lowest BCUT2D eigenvalue weighted by atomic mass is 10.1. The minimum absolute atomic E-state index is 0.150. The molecule has 0 saturated heterocycles. The highest BCUT2D eigenvalue weighted by molar-refractivity contribution is 7.19. The second-order valence-electron chi connectivity index (χ2n) is 5.72. The zero-order valence-electron chi connectivity index (χ0n) is 14.2. The van der Waals surface area contributed by atoms with Crippen molar-refractivity contribution in [3.8, 4) is 0 Å². The van der Waals surface area contributed by atoms with Crippen molar-refractivity contribution in [1.82, 2.24) is 9.13 Å². The summed E-state index contributed by atoms with van der Waals surface area (Å²) in [7, 11) is 0. The lowest BCUT2D eigenvalue weighted by Crippen LogP contribution is -2.39. The molecule has 5 nitrogen and oxygen atoms in total. The van der Waals surface area contributed by atoms with E-state index in [9.17, 15) is 14.7 Å². The fraction of sp³-hybridized carbons (Fsp3) is 0.263. The van der Waals surface area contributed by atoms with Gasteiger partial charge in [0, 0.05) is 11.4 Å². The molecule has 0 saturated carbocycles. The fourth-order valence-electron chi connectivity index (χ4n) is 2.88. The molecule has 6 heteroatoms. The monoisotopic (exact) mass is 356 g/mol. The fourth-order valence-corrected chi connectivity index (χ4v) is 4.10. The van der Waals surface area contributed by atoms with E-state index in [0.29, 0.717) is 16.8 Å². The van der Waals surface area contributed by atoms with Gasteiger partial charge in [0.1, 0.15) is 4.83 Å². The molecule has 0 bridgehead atoms. The summed E-state index contributed by atoms with van der Waals surface area (Å²) in [5.41, 5.74) is 1.31. The highest BCUT2D eigenvalue weighted by Crippen LogP contribution is 2.29. The van der Waals surface area contributed by atoms with Gasteiger partial charge in [0.2, 0.25) is 0 Å². The molecule has 0 atom stereocenters. The molecule has 0 aliphatic rings. The van der Waals surface area contributed by atoms with Crippen LogP contribution in [0.4, 0.5) is 0 Å². The van der Waals surface area contributed by atoms with Crippen molar-refractivity contribution in [1.29, 1.82) is 0 Å². The molecule has 1 aromatic carbocycles. The minimum atomic E-state index is -0.367. The van der Waals surface area contributed by atoms with Gasteiger partial charge in [0.15, 0.2) is 0 Å². The van der Waals surface area contributed by atoms with Crippen LogP contribution in [0.3, 0.4) is 0 Å². The second-order valence-corrected chi connectivity index (χ2v) is 6.75. The summed E-state index contributed by atoms with van der Waals surface area (Å²) in [4.78, 5) is 26.8. The first-order valence-corrected chi connectivity index (χ1v) is 9.00. The van der Waals surface area contributed by atoms with Crippen LogP contribution in [0.1, 0.15) is 22.9 Å². The molecular formula is C19H20N2O3S. The minimum Gasteiger partial charge on any atom is -0.395 e. The highest BCUT2D eigenvalue weighted by atomic mass is 32.1. The standard InChI is InChI=1S/C19H20N2O3S/c1-3-20-17(23)16-13(2)15(10-9-14-7-5-4-6-8-14)25-18(16)21(11-12-22)19(20)24/h4-10,22H,3,11-12H2,1-2H3. The van der Waals surface area contributed by atoms with Gasteiger partial charge in [-0.15, -0.1) is 11.3 Å². The Labute approximate surface area is 149 Å². The van der Waals surface area contributed by atoms with Gasteiger partial charge in [0.05, 0.1) is 18.5 Å². The maximum absolute atomic E-state index is 12.7. The molecule has 2 aromatic heterocycles. The Balaban J connectivity index is 2.23. The first kappa shape index (κ1) is 17.4. The number of hydrogen-bond donors (Lipinski definition) is 1. The van der Waals surface area contributed by atoms with E-state index in [1.54, 1.807) is 6.92 Å². The predicted octanol–water partition coefficient (Wildman–Crippen LogP) is 2.72. The van der Waals surface area contributed by atoms with E-state index >= 15 is 0 Å². The molecule has 0 radical (unpaired) electrons. The number of aryl methyl sites for hydroxylation is 1. The molecule has 0 unspecified atom stereocenters. The van der Waals surface area contributed by atoms with Crippen molar-refractivity contribution in [2.75, 3.05) is 6.61 Å². The van der Waals surface area contributed by atoms with Crippen LogP contribution in [0.5, 0.6) is 0 Å². The number of aliphatic hydroxyl groups is 1. The Kier molecular flexibility index (Phi) is 5.01. The van der Waals surface area contributed by atoms with Gasteiger partial charge < -0.3 is 5.11 Å². The van der Waals surface area contributed by atoms with E-state index in [-0.39, 0.29) is 24.4 Å². The van der Waals surface area contributed by atoms with Crippen molar-refractivity contribution in [3.63, 3.8) is 0 Å². The van der Waals surface area contributed by atoms with E-state index in [0.717, 1.165) is 16.0 Å². The van der Waals surface area contributed by atoms with E-state index < -0.39 is 0 Å². The lowest BCUT2D eigenvalue weighted by molar-refractivity contribution is 0.274. The highest BCUT2D eigenvalue weighted by Gasteiger charge is 2.18. The molecule has 3 rings (SSSR count). The summed E-state index contributed by atoms with van der Waals surface area (Å²) >= 11 is 1.41. The summed E-state index contributed by atoms with van der Waals surface area (Å²) < 4.78 is 2.72. The Morgan fingerprint density at radius 3 is 2.48 bits per heavy atom. The SMILES string of the molecule is CCn1c(=O)c2c(C)c(C=Cc3ccccc3)sc2n(CCO)c1=O.